The van der Waals surface area contributed by atoms with Crippen LogP contribution in [0.3, 0.4) is 0 Å². The third kappa shape index (κ3) is 3.52. The first-order valence-corrected chi connectivity index (χ1v) is 7.30. The van der Waals surface area contributed by atoms with Gasteiger partial charge in [-0.25, -0.2) is 0 Å². The molecule has 1 aromatic rings. The van der Waals surface area contributed by atoms with Crippen LogP contribution in [-0.2, 0) is 6.42 Å². The van der Waals surface area contributed by atoms with Crippen molar-refractivity contribution in [2.24, 2.45) is 11.7 Å². The molecular weight excluding hydrogens is 276 g/mol. The monoisotopic (exact) mass is 296 g/mol. The van der Waals surface area contributed by atoms with Crippen molar-refractivity contribution in [2.75, 3.05) is 0 Å². The van der Waals surface area contributed by atoms with E-state index < -0.39 is 0 Å². The molecule has 1 aliphatic rings. The van der Waals surface area contributed by atoms with E-state index in [9.17, 15) is 0 Å². The number of hydrogen-bond acceptors (Lipinski definition) is 2. The predicted octanol–water partition coefficient (Wildman–Crippen LogP) is 3.68. The minimum absolute atomic E-state index is 0.0213. The van der Waals surface area contributed by atoms with Crippen LogP contribution in [-0.4, -0.2) is 10.5 Å². The van der Waals surface area contributed by atoms with E-state index in [0.717, 1.165) is 35.3 Å². The molecule has 1 saturated carbocycles. The second-order valence-electron chi connectivity index (χ2n) is 5.36. The number of pyridine rings is 1. The molecule has 0 aliphatic heterocycles. The molecule has 0 unspecified atom stereocenters. The van der Waals surface area contributed by atoms with E-state index in [2.05, 4.69) is 33.9 Å². The van der Waals surface area contributed by atoms with E-state index in [4.69, 9.17) is 5.73 Å². The van der Waals surface area contributed by atoms with Gasteiger partial charge in [0, 0.05) is 28.3 Å². The minimum atomic E-state index is -0.0213. The summed E-state index contributed by atoms with van der Waals surface area (Å²) in [5, 5.41) is 0. The van der Waals surface area contributed by atoms with Gasteiger partial charge in [0.05, 0.1) is 0 Å². The largest absolute Gasteiger partial charge is 0.325 e. The third-order valence-corrected chi connectivity index (χ3v) is 4.47. The highest BCUT2D eigenvalue weighted by Crippen LogP contribution is 2.33. The van der Waals surface area contributed by atoms with Gasteiger partial charge in [0.15, 0.2) is 0 Å². The number of rotatable bonds is 3. The first-order chi connectivity index (χ1) is 8.11. The van der Waals surface area contributed by atoms with Gasteiger partial charge in [-0.2, -0.15) is 0 Å². The highest BCUT2D eigenvalue weighted by atomic mass is 79.9. The quantitative estimate of drug-likeness (QED) is 0.924. The van der Waals surface area contributed by atoms with Crippen LogP contribution in [0.15, 0.2) is 22.8 Å². The maximum atomic E-state index is 6.49. The zero-order chi connectivity index (χ0) is 12.3. The van der Waals surface area contributed by atoms with Crippen molar-refractivity contribution < 1.29 is 0 Å². The fraction of sp³-hybridized carbons (Fsp3) is 0.643. The lowest BCUT2D eigenvalue weighted by Crippen LogP contribution is -2.45. The molecular formula is C14H21BrN2. The molecule has 0 aromatic carbocycles. The summed E-state index contributed by atoms with van der Waals surface area (Å²) < 4.78 is 1.03. The van der Waals surface area contributed by atoms with E-state index in [1.54, 1.807) is 0 Å². The molecule has 1 aromatic heterocycles. The van der Waals surface area contributed by atoms with Crippen LogP contribution in [0.1, 0.15) is 44.7 Å². The number of halogens is 1. The number of nitrogens with two attached hydrogens (primary N) is 1. The molecule has 0 atom stereocenters. The molecule has 0 bridgehead atoms. The van der Waals surface area contributed by atoms with Crippen LogP contribution < -0.4 is 5.73 Å². The fourth-order valence-electron chi connectivity index (χ4n) is 2.71. The average Bonchev–Trinajstić information content (AvgIpc) is 2.33. The van der Waals surface area contributed by atoms with E-state index >= 15 is 0 Å². The van der Waals surface area contributed by atoms with Gasteiger partial charge in [0.1, 0.15) is 0 Å². The van der Waals surface area contributed by atoms with Crippen molar-refractivity contribution in [1.82, 2.24) is 4.98 Å². The summed E-state index contributed by atoms with van der Waals surface area (Å²) in [5.74, 6) is 0.893. The van der Waals surface area contributed by atoms with Crippen molar-refractivity contribution >= 4 is 15.9 Å². The Morgan fingerprint density at radius 3 is 2.65 bits per heavy atom. The van der Waals surface area contributed by atoms with Crippen molar-refractivity contribution in [3.8, 4) is 0 Å². The second-order valence-corrected chi connectivity index (χ2v) is 6.27. The van der Waals surface area contributed by atoms with Crippen LogP contribution in [0.2, 0.25) is 0 Å². The smallest absolute Gasteiger partial charge is 0.0422 e. The lowest BCUT2D eigenvalue weighted by atomic mass is 9.74. The zero-order valence-electron chi connectivity index (χ0n) is 10.5. The van der Waals surface area contributed by atoms with Gasteiger partial charge in [-0.1, -0.05) is 13.3 Å². The Morgan fingerprint density at radius 1 is 1.41 bits per heavy atom. The average molecular weight is 297 g/mol. The Bertz CT molecular complexity index is 353. The first-order valence-electron chi connectivity index (χ1n) is 6.50. The summed E-state index contributed by atoms with van der Waals surface area (Å²) in [6.45, 7) is 2.28. The van der Waals surface area contributed by atoms with Crippen molar-refractivity contribution in [2.45, 2.75) is 51.0 Å². The molecule has 0 radical (unpaired) electrons. The summed E-state index contributed by atoms with van der Waals surface area (Å²) >= 11 is 3.41. The highest BCUT2D eigenvalue weighted by Gasteiger charge is 2.31. The Hall–Kier alpha value is -0.410. The van der Waals surface area contributed by atoms with Crippen LogP contribution in [0.5, 0.6) is 0 Å². The molecule has 2 nitrogen and oxygen atoms in total. The van der Waals surface area contributed by atoms with Crippen LogP contribution in [0, 0.1) is 5.92 Å². The van der Waals surface area contributed by atoms with Gasteiger partial charge in [0.2, 0.25) is 0 Å². The topological polar surface area (TPSA) is 38.9 Å². The number of aromatic nitrogens is 1. The maximum Gasteiger partial charge on any atom is 0.0422 e. The Morgan fingerprint density at radius 2 is 2.12 bits per heavy atom. The van der Waals surface area contributed by atoms with Crippen molar-refractivity contribution in [3.63, 3.8) is 0 Å². The van der Waals surface area contributed by atoms with Gasteiger partial charge < -0.3 is 5.73 Å². The van der Waals surface area contributed by atoms with E-state index in [1.165, 1.54) is 19.3 Å². The van der Waals surface area contributed by atoms with Crippen molar-refractivity contribution in [3.05, 3.63) is 28.5 Å². The molecule has 94 valence electrons. The van der Waals surface area contributed by atoms with Crippen LogP contribution in [0.25, 0.3) is 0 Å². The van der Waals surface area contributed by atoms with Crippen LogP contribution in [0.4, 0.5) is 0 Å². The van der Waals surface area contributed by atoms with Crippen LogP contribution >= 0.6 is 15.9 Å². The molecule has 2 rings (SSSR count). The molecule has 0 amide bonds. The third-order valence-electron chi connectivity index (χ3n) is 4.00. The van der Waals surface area contributed by atoms with Gasteiger partial charge in [-0.05, 0) is 59.7 Å². The standard InChI is InChI=1S/C14H21BrN2/c1-2-11-5-7-14(16,8-6-11)9-13-4-3-12(15)10-17-13/h3-4,10-11H,2,5-9,16H2,1H3. The first kappa shape index (κ1) is 13.0. The second kappa shape index (κ2) is 5.49. The van der Waals surface area contributed by atoms with Gasteiger partial charge >= 0.3 is 0 Å². The maximum absolute atomic E-state index is 6.49. The Kier molecular flexibility index (Phi) is 4.21. The lowest BCUT2D eigenvalue weighted by Gasteiger charge is -2.36. The van der Waals surface area contributed by atoms with Gasteiger partial charge in [-0.3, -0.25) is 4.98 Å². The molecule has 3 heteroatoms. The molecule has 1 fully saturated rings. The molecule has 2 N–H and O–H groups in total. The SMILES string of the molecule is CCC1CCC(N)(Cc2ccc(Br)cn2)CC1. The predicted molar refractivity (Wildman–Crippen MR) is 74.8 cm³/mol. The molecule has 1 heterocycles. The molecule has 0 spiro atoms. The van der Waals surface area contributed by atoms with Gasteiger partial charge in [0.25, 0.3) is 0 Å². The Labute approximate surface area is 112 Å². The number of hydrogen-bond donors (Lipinski definition) is 1. The molecule has 1 aliphatic carbocycles. The lowest BCUT2D eigenvalue weighted by molar-refractivity contribution is 0.227. The summed E-state index contributed by atoms with van der Waals surface area (Å²) in [5.41, 5.74) is 7.59. The van der Waals surface area contributed by atoms with E-state index in [1.807, 2.05) is 12.3 Å². The summed E-state index contributed by atoms with van der Waals surface area (Å²) in [6.07, 6.45) is 8.92. The number of nitrogens with zero attached hydrogens (tertiary/aromatic N) is 1. The zero-order valence-corrected chi connectivity index (χ0v) is 12.0. The van der Waals surface area contributed by atoms with Gasteiger partial charge in [-0.15, -0.1) is 0 Å². The summed E-state index contributed by atoms with van der Waals surface area (Å²) in [6, 6.07) is 4.12. The summed E-state index contributed by atoms with van der Waals surface area (Å²) in [7, 11) is 0. The van der Waals surface area contributed by atoms with E-state index in [0.29, 0.717) is 0 Å². The Balaban J connectivity index is 1.96. The fourth-order valence-corrected chi connectivity index (χ4v) is 2.94. The molecule has 0 saturated heterocycles. The van der Waals surface area contributed by atoms with Crippen molar-refractivity contribution in [1.29, 1.82) is 0 Å². The molecule has 17 heavy (non-hydrogen) atoms. The minimum Gasteiger partial charge on any atom is -0.325 e. The normalized spacial score (nSPS) is 29.2. The van der Waals surface area contributed by atoms with E-state index in [-0.39, 0.29) is 5.54 Å². The summed E-state index contributed by atoms with van der Waals surface area (Å²) in [4.78, 5) is 4.43. The highest BCUT2D eigenvalue weighted by molar-refractivity contribution is 9.10.